The zero-order valence-electron chi connectivity index (χ0n) is 8.10. The molecule has 0 aromatic carbocycles. The van der Waals surface area contributed by atoms with Crippen LogP contribution in [0.15, 0.2) is 18.3 Å². The van der Waals surface area contributed by atoms with Crippen LogP contribution in [0.3, 0.4) is 0 Å². The van der Waals surface area contributed by atoms with Crippen LogP contribution >= 0.6 is 0 Å². The van der Waals surface area contributed by atoms with Crippen molar-refractivity contribution in [1.29, 1.82) is 0 Å². The maximum Gasteiger partial charge on any atom is 0.222 e. The lowest BCUT2D eigenvalue weighted by atomic mass is 10.1. The number of hydrogen-bond acceptors (Lipinski definition) is 3. The Labute approximate surface area is 82.7 Å². The molecule has 1 aromatic rings. The minimum absolute atomic E-state index is 0.128. The second-order valence-electron chi connectivity index (χ2n) is 3.58. The van der Waals surface area contributed by atoms with E-state index in [9.17, 15) is 4.79 Å². The third-order valence-electron chi connectivity index (χ3n) is 2.64. The number of nitrogens with zero attached hydrogens (tertiary/aromatic N) is 2. The summed E-state index contributed by atoms with van der Waals surface area (Å²) >= 11 is 0. The van der Waals surface area contributed by atoms with Gasteiger partial charge in [-0.2, -0.15) is 0 Å². The fraction of sp³-hybridized carbons (Fsp3) is 0.400. The SMILES string of the molecule is CN1C(=O)CC[C@H]1c1ccc(N)cn1. The lowest BCUT2D eigenvalue weighted by Crippen LogP contribution is -2.23. The average molecular weight is 191 g/mol. The minimum Gasteiger partial charge on any atom is -0.397 e. The van der Waals surface area contributed by atoms with Gasteiger partial charge in [0.1, 0.15) is 0 Å². The van der Waals surface area contributed by atoms with Crippen molar-refractivity contribution in [3.05, 3.63) is 24.0 Å². The minimum atomic E-state index is 0.128. The van der Waals surface area contributed by atoms with Gasteiger partial charge in [0.05, 0.1) is 23.6 Å². The van der Waals surface area contributed by atoms with Crippen LogP contribution in [0.4, 0.5) is 5.69 Å². The lowest BCUT2D eigenvalue weighted by Gasteiger charge is -2.18. The standard InChI is InChI=1S/C10H13N3O/c1-13-9(4-5-10(13)14)8-3-2-7(11)6-12-8/h2-3,6,9H,4-5,11H2,1H3/t9-/m0/s1. The molecule has 1 amide bonds. The van der Waals surface area contributed by atoms with Crippen LogP contribution in [0.2, 0.25) is 0 Å². The second kappa shape index (κ2) is 3.29. The van der Waals surface area contributed by atoms with Crippen LogP contribution < -0.4 is 5.73 Å². The first-order chi connectivity index (χ1) is 6.68. The highest BCUT2D eigenvalue weighted by molar-refractivity contribution is 5.78. The van der Waals surface area contributed by atoms with E-state index >= 15 is 0 Å². The number of carbonyl (C=O) groups excluding carboxylic acids is 1. The molecule has 0 spiro atoms. The predicted octanol–water partition coefficient (Wildman–Crippen LogP) is 0.957. The van der Waals surface area contributed by atoms with E-state index in [1.165, 1.54) is 0 Å². The molecule has 4 heteroatoms. The summed E-state index contributed by atoms with van der Waals surface area (Å²) in [5, 5.41) is 0. The molecular weight excluding hydrogens is 178 g/mol. The average Bonchev–Trinajstić information content (AvgIpc) is 2.50. The molecule has 0 unspecified atom stereocenters. The zero-order valence-corrected chi connectivity index (χ0v) is 8.10. The molecule has 74 valence electrons. The summed E-state index contributed by atoms with van der Waals surface area (Å²) in [6.45, 7) is 0. The number of pyridine rings is 1. The van der Waals surface area contributed by atoms with Crippen molar-refractivity contribution >= 4 is 11.6 Å². The molecular formula is C10H13N3O. The molecule has 0 aliphatic carbocycles. The first-order valence-electron chi connectivity index (χ1n) is 4.65. The van der Waals surface area contributed by atoms with Crippen molar-refractivity contribution in [1.82, 2.24) is 9.88 Å². The monoisotopic (exact) mass is 191 g/mol. The Bertz CT molecular complexity index is 347. The van der Waals surface area contributed by atoms with Crippen LogP contribution in [0.5, 0.6) is 0 Å². The summed E-state index contributed by atoms with van der Waals surface area (Å²) < 4.78 is 0. The van der Waals surface area contributed by atoms with Crippen LogP contribution in [-0.2, 0) is 4.79 Å². The third-order valence-corrected chi connectivity index (χ3v) is 2.64. The Morgan fingerprint density at radius 3 is 2.86 bits per heavy atom. The van der Waals surface area contributed by atoms with Gasteiger partial charge in [0, 0.05) is 13.5 Å². The van der Waals surface area contributed by atoms with E-state index in [4.69, 9.17) is 5.73 Å². The predicted molar refractivity (Wildman–Crippen MR) is 53.4 cm³/mol. The van der Waals surface area contributed by atoms with Crippen LogP contribution in [0.25, 0.3) is 0 Å². The number of anilines is 1. The van der Waals surface area contributed by atoms with E-state index in [1.54, 1.807) is 11.1 Å². The number of aromatic nitrogens is 1. The lowest BCUT2D eigenvalue weighted by molar-refractivity contribution is -0.127. The molecule has 0 radical (unpaired) electrons. The Kier molecular flexibility index (Phi) is 2.11. The Morgan fingerprint density at radius 2 is 2.36 bits per heavy atom. The van der Waals surface area contributed by atoms with E-state index in [0.29, 0.717) is 12.1 Å². The van der Waals surface area contributed by atoms with Gasteiger partial charge in [0.15, 0.2) is 0 Å². The van der Waals surface area contributed by atoms with Gasteiger partial charge in [0.25, 0.3) is 0 Å². The quantitative estimate of drug-likeness (QED) is 0.719. The molecule has 1 aromatic heterocycles. The largest absolute Gasteiger partial charge is 0.397 e. The topological polar surface area (TPSA) is 59.2 Å². The molecule has 1 fully saturated rings. The highest BCUT2D eigenvalue weighted by atomic mass is 16.2. The van der Waals surface area contributed by atoms with Crippen LogP contribution in [-0.4, -0.2) is 22.8 Å². The van der Waals surface area contributed by atoms with Crippen LogP contribution in [0.1, 0.15) is 24.6 Å². The smallest absolute Gasteiger partial charge is 0.222 e. The van der Waals surface area contributed by atoms with Gasteiger partial charge in [-0.25, -0.2) is 0 Å². The van der Waals surface area contributed by atoms with Crippen molar-refractivity contribution in [2.45, 2.75) is 18.9 Å². The van der Waals surface area contributed by atoms with Crippen molar-refractivity contribution in [3.8, 4) is 0 Å². The maximum atomic E-state index is 11.3. The first kappa shape index (κ1) is 8.99. The molecule has 0 bridgehead atoms. The maximum absolute atomic E-state index is 11.3. The Hall–Kier alpha value is -1.58. The third kappa shape index (κ3) is 1.43. The first-order valence-corrected chi connectivity index (χ1v) is 4.65. The summed E-state index contributed by atoms with van der Waals surface area (Å²) in [5.74, 6) is 0.189. The molecule has 0 saturated carbocycles. The number of rotatable bonds is 1. The van der Waals surface area contributed by atoms with Gasteiger partial charge in [-0.3, -0.25) is 9.78 Å². The number of amides is 1. The van der Waals surface area contributed by atoms with Crippen molar-refractivity contribution in [2.24, 2.45) is 0 Å². The number of nitrogen functional groups attached to an aromatic ring is 1. The fourth-order valence-corrected chi connectivity index (χ4v) is 1.76. The zero-order chi connectivity index (χ0) is 10.1. The highest BCUT2D eigenvalue weighted by Crippen LogP contribution is 2.29. The number of likely N-dealkylation sites (tertiary alicyclic amines) is 1. The second-order valence-corrected chi connectivity index (χ2v) is 3.58. The molecule has 1 atom stereocenters. The van der Waals surface area contributed by atoms with Gasteiger partial charge in [0.2, 0.25) is 5.91 Å². The summed E-state index contributed by atoms with van der Waals surface area (Å²) in [4.78, 5) is 17.3. The van der Waals surface area contributed by atoms with E-state index in [0.717, 1.165) is 12.1 Å². The molecule has 2 N–H and O–H groups in total. The highest BCUT2D eigenvalue weighted by Gasteiger charge is 2.29. The van der Waals surface area contributed by atoms with E-state index in [2.05, 4.69) is 4.98 Å². The summed E-state index contributed by atoms with van der Waals surface area (Å²) in [6, 6.07) is 3.83. The van der Waals surface area contributed by atoms with Crippen molar-refractivity contribution in [2.75, 3.05) is 12.8 Å². The Balaban J connectivity index is 2.23. The molecule has 4 nitrogen and oxygen atoms in total. The van der Waals surface area contributed by atoms with E-state index < -0.39 is 0 Å². The van der Waals surface area contributed by atoms with Crippen molar-refractivity contribution < 1.29 is 4.79 Å². The summed E-state index contributed by atoms with van der Waals surface area (Å²) in [6.07, 6.45) is 3.10. The van der Waals surface area contributed by atoms with Gasteiger partial charge in [-0.05, 0) is 18.6 Å². The molecule has 1 aliphatic heterocycles. The van der Waals surface area contributed by atoms with E-state index in [-0.39, 0.29) is 11.9 Å². The van der Waals surface area contributed by atoms with Gasteiger partial charge >= 0.3 is 0 Å². The van der Waals surface area contributed by atoms with E-state index in [1.807, 2.05) is 19.2 Å². The van der Waals surface area contributed by atoms with Gasteiger partial charge < -0.3 is 10.6 Å². The summed E-state index contributed by atoms with van der Waals surface area (Å²) in [7, 11) is 1.82. The number of nitrogens with two attached hydrogens (primary N) is 1. The molecule has 1 aliphatic rings. The molecule has 2 heterocycles. The Morgan fingerprint density at radius 1 is 1.57 bits per heavy atom. The number of carbonyl (C=O) groups is 1. The fourth-order valence-electron chi connectivity index (χ4n) is 1.76. The summed E-state index contributed by atoms with van der Waals surface area (Å²) in [5.41, 5.74) is 7.12. The van der Waals surface area contributed by atoms with Gasteiger partial charge in [-0.15, -0.1) is 0 Å². The molecule has 14 heavy (non-hydrogen) atoms. The van der Waals surface area contributed by atoms with Crippen molar-refractivity contribution in [3.63, 3.8) is 0 Å². The molecule has 2 rings (SSSR count). The normalized spacial score (nSPS) is 21.6. The number of hydrogen-bond donors (Lipinski definition) is 1. The van der Waals surface area contributed by atoms with Crippen LogP contribution in [0, 0.1) is 0 Å². The molecule has 1 saturated heterocycles. The van der Waals surface area contributed by atoms with Gasteiger partial charge in [-0.1, -0.05) is 0 Å².